The van der Waals surface area contributed by atoms with Gasteiger partial charge in [-0.1, -0.05) is 36.8 Å². The van der Waals surface area contributed by atoms with Crippen LogP contribution in [0.1, 0.15) is 37.1 Å². The molecule has 1 saturated heterocycles. The smallest absolute Gasteiger partial charge is 0.248 e. The van der Waals surface area contributed by atoms with Gasteiger partial charge in [-0.3, -0.25) is 9.69 Å². The highest BCUT2D eigenvalue weighted by atomic mass is 32.1. The number of thiophene rings is 1. The van der Waals surface area contributed by atoms with Crippen LogP contribution in [0.3, 0.4) is 0 Å². The summed E-state index contributed by atoms with van der Waals surface area (Å²) >= 11 is 1.59. The van der Waals surface area contributed by atoms with Crippen molar-refractivity contribution in [1.29, 1.82) is 0 Å². The summed E-state index contributed by atoms with van der Waals surface area (Å²) in [7, 11) is 0. The Morgan fingerprint density at radius 2 is 2.10 bits per heavy atom. The molecule has 1 unspecified atom stereocenters. The summed E-state index contributed by atoms with van der Waals surface area (Å²) in [5, 5.41) is 15.2. The average molecular weight is 411 g/mol. The Bertz CT molecular complexity index is 895. The third-order valence-electron chi connectivity index (χ3n) is 5.31. The molecular formula is C22H26N4O2S. The van der Waals surface area contributed by atoms with Crippen molar-refractivity contribution in [3.05, 3.63) is 58.6 Å². The molecule has 152 valence electrons. The minimum atomic E-state index is 0.0329. The number of rotatable bonds is 8. The topological polar surface area (TPSA) is 71.3 Å². The SMILES string of the molecule is O=C(CCc1nnc(-c2ccsc2)o1)NCC1CCCCN1Cc1ccccc1. The third-order valence-corrected chi connectivity index (χ3v) is 6.00. The van der Waals surface area contributed by atoms with E-state index >= 15 is 0 Å². The quantitative estimate of drug-likeness (QED) is 0.610. The summed E-state index contributed by atoms with van der Waals surface area (Å²) in [6, 6.07) is 12.9. The van der Waals surface area contributed by atoms with Crippen molar-refractivity contribution in [1.82, 2.24) is 20.4 Å². The predicted octanol–water partition coefficient (Wildman–Crippen LogP) is 3.90. The second-order valence-corrected chi connectivity index (χ2v) is 8.20. The van der Waals surface area contributed by atoms with Crippen LogP contribution in [0.2, 0.25) is 0 Å². The van der Waals surface area contributed by atoms with E-state index in [1.165, 1.54) is 18.4 Å². The maximum atomic E-state index is 12.3. The molecule has 1 aliphatic heterocycles. The van der Waals surface area contributed by atoms with Gasteiger partial charge in [-0.15, -0.1) is 10.2 Å². The molecule has 4 rings (SSSR count). The molecule has 1 fully saturated rings. The Morgan fingerprint density at radius 1 is 1.21 bits per heavy atom. The lowest BCUT2D eigenvalue weighted by atomic mass is 10.0. The highest BCUT2D eigenvalue weighted by Crippen LogP contribution is 2.21. The lowest BCUT2D eigenvalue weighted by molar-refractivity contribution is -0.121. The summed E-state index contributed by atoms with van der Waals surface area (Å²) in [4.78, 5) is 14.8. The average Bonchev–Trinajstić information content (AvgIpc) is 3.44. The fourth-order valence-electron chi connectivity index (χ4n) is 3.72. The van der Waals surface area contributed by atoms with E-state index in [0.29, 0.717) is 37.2 Å². The number of aryl methyl sites for hydroxylation is 1. The van der Waals surface area contributed by atoms with E-state index in [-0.39, 0.29) is 5.91 Å². The van der Waals surface area contributed by atoms with Crippen molar-refractivity contribution >= 4 is 17.2 Å². The molecule has 3 aromatic rings. The van der Waals surface area contributed by atoms with Crippen molar-refractivity contribution in [2.45, 2.75) is 44.7 Å². The van der Waals surface area contributed by atoms with E-state index in [1.807, 2.05) is 22.9 Å². The summed E-state index contributed by atoms with van der Waals surface area (Å²) in [6.07, 6.45) is 4.39. The van der Waals surface area contributed by atoms with Crippen LogP contribution in [0.15, 0.2) is 51.6 Å². The molecule has 1 N–H and O–H groups in total. The van der Waals surface area contributed by atoms with Gasteiger partial charge in [0.2, 0.25) is 17.7 Å². The zero-order valence-electron chi connectivity index (χ0n) is 16.4. The first kappa shape index (κ1) is 19.8. The zero-order chi connectivity index (χ0) is 19.9. The summed E-state index contributed by atoms with van der Waals surface area (Å²) in [6.45, 7) is 2.72. The largest absolute Gasteiger partial charge is 0.421 e. The fourth-order valence-corrected chi connectivity index (χ4v) is 4.34. The molecule has 1 aliphatic rings. The number of hydrogen-bond acceptors (Lipinski definition) is 6. The molecule has 2 aromatic heterocycles. The Morgan fingerprint density at radius 3 is 2.93 bits per heavy atom. The van der Waals surface area contributed by atoms with Gasteiger partial charge in [0.15, 0.2) is 0 Å². The standard InChI is InChI=1S/C22H26N4O2S/c27-20(9-10-21-24-25-22(28-21)18-11-13-29-16-18)23-14-19-8-4-5-12-26(19)15-17-6-2-1-3-7-17/h1-3,6-7,11,13,16,19H,4-5,8-10,12,14-15H2,(H,23,27). The van der Waals surface area contributed by atoms with E-state index in [4.69, 9.17) is 4.42 Å². The summed E-state index contributed by atoms with van der Waals surface area (Å²) in [5.41, 5.74) is 2.25. The second-order valence-electron chi connectivity index (χ2n) is 7.42. The maximum Gasteiger partial charge on any atom is 0.248 e. The minimum absolute atomic E-state index is 0.0329. The van der Waals surface area contributed by atoms with Gasteiger partial charge in [0.25, 0.3) is 0 Å². The maximum absolute atomic E-state index is 12.3. The van der Waals surface area contributed by atoms with Crippen LogP contribution in [0.25, 0.3) is 11.5 Å². The Hall–Kier alpha value is -2.51. The molecule has 1 atom stereocenters. The van der Waals surface area contributed by atoms with Gasteiger partial charge < -0.3 is 9.73 Å². The van der Waals surface area contributed by atoms with Gasteiger partial charge >= 0.3 is 0 Å². The van der Waals surface area contributed by atoms with E-state index in [0.717, 1.165) is 25.1 Å². The second kappa shape index (κ2) is 9.80. The molecule has 3 heterocycles. The number of benzene rings is 1. The van der Waals surface area contributed by atoms with E-state index in [1.54, 1.807) is 11.3 Å². The summed E-state index contributed by atoms with van der Waals surface area (Å²) in [5.74, 6) is 1.05. The predicted molar refractivity (Wildman–Crippen MR) is 113 cm³/mol. The number of nitrogens with one attached hydrogen (secondary N) is 1. The van der Waals surface area contributed by atoms with Crippen molar-refractivity contribution in [2.75, 3.05) is 13.1 Å². The van der Waals surface area contributed by atoms with Crippen LogP contribution >= 0.6 is 11.3 Å². The van der Waals surface area contributed by atoms with Gasteiger partial charge in [-0.2, -0.15) is 11.3 Å². The molecule has 1 aromatic carbocycles. The van der Waals surface area contributed by atoms with Crippen molar-refractivity contribution in [3.63, 3.8) is 0 Å². The van der Waals surface area contributed by atoms with Gasteiger partial charge in [-0.25, -0.2) is 0 Å². The van der Waals surface area contributed by atoms with Crippen molar-refractivity contribution in [3.8, 4) is 11.5 Å². The van der Waals surface area contributed by atoms with Crippen molar-refractivity contribution in [2.24, 2.45) is 0 Å². The minimum Gasteiger partial charge on any atom is -0.421 e. The number of likely N-dealkylation sites (tertiary alicyclic amines) is 1. The Labute approximate surface area is 175 Å². The van der Waals surface area contributed by atoms with Gasteiger partial charge in [0.1, 0.15) is 0 Å². The zero-order valence-corrected chi connectivity index (χ0v) is 17.2. The number of hydrogen-bond donors (Lipinski definition) is 1. The molecule has 6 nitrogen and oxygen atoms in total. The number of aromatic nitrogens is 2. The monoisotopic (exact) mass is 410 g/mol. The summed E-state index contributed by atoms with van der Waals surface area (Å²) < 4.78 is 5.65. The van der Waals surface area contributed by atoms with Crippen molar-refractivity contribution < 1.29 is 9.21 Å². The first-order valence-corrected chi connectivity index (χ1v) is 11.1. The van der Waals surface area contributed by atoms with Gasteiger partial charge in [-0.05, 0) is 36.4 Å². The molecule has 0 spiro atoms. The molecule has 7 heteroatoms. The molecule has 29 heavy (non-hydrogen) atoms. The molecular weight excluding hydrogens is 384 g/mol. The first-order chi connectivity index (χ1) is 14.3. The molecule has 0 saturated carbocycles. The highest BCUT2D eigenvalue weighted by Gasteiger charge is 2.23. The number of carbonyl (C=O) groups is 1. The Balaban J connectivity index is 1.24. The van der Waals surface area contributed by atoms with Crippen LogP contribution in [0, 0.1) is 0 Å². The number of carbonyl (C=O) groups excluding carboxylic acids is 1. The van der Waals surface area contributed by atoms with Gasteiger partial charge in [0.05, 0.1) is 0 Å². The van der Waals surface area contributed by atoms with E-state index in [2.05, 4.69) is 44.7 Å². The highest BCUT2D eigenvalue weighted by molar-refractivity contribution is 7.08. The van der Waals surface area contributed by atoms with Crippen LogP contribution in [-0.2, 0) is 17.8 Å². The molecule has 0 radical (unpaired) electrons. The number of nitrogens with zero attached hydrogens (tertiary/aromatic N) is 3. The number of piperidine rings is 1. The molecule has 1 amide bonds. The van der Waals surface area contributed by atoms with E-state index < -0.39 is 0 Å². The van der Waals surface area contributed by atoms with Crippen LogP contribution in [0.4, 0.5) is 0 Å². The normalized spacial score (nSPS) is 17.3. The first-order valence-electron chi connectivity index (χ1n) is 10.2. The molecule has 0 aliphatic carbocycles. The lowest BCUT2D eigenvalue weighted by Gasteiger charge is -2.35. The van der Waals surface area contributed by atoms with Crippen LogP contribution < -0.4 is 5.32 Å². The van der Waals surface area contributed by atoms with Crippen LogP contribution in [-0.4, -0.2) is 40.1 Å². The Kier molecular flexibility index (Phi) is 6.69. The lowest BCUT2D eigenvalue weighted by Crippen LogP contribution is -2.46. The third kappa shape index (κ3) is 5.52. The number of amides is 1. The van der Waals surface area contributed by atoms with E-state index in [9.17, 15) is 4.79 Å². The van der Waals surface area contributed by atoms with Gasteiger partial charge in [0, 0.05) is 42.9 Å². The molecule has 0 bridgehead atoms. The fraction of sp³-hybridized carbons (Fsp3) is 0.409. The van der Waals surface area contributed by atoms with Crippen LogP contribution in [0.5, 0.6) is 0 Å².